The number of nitrogens with zero attached hydrogens (tertiary/aromatic N) is 5. The van der Waals surface area contributed by atoms with E-state index in [1.165, 1.54) is 0 Å². The van der Waals surface area contributed by atoms with Gasteiger partial charge < -0.3 is 4.42 Å². The first-order valence-electron chi connectivity index (χ1n) is 9.28. The van der Waals surface area contributed by atoms with Crippen molar-refractivity contribution >= 4 is 39.1 Å². The van der Waals surface area contributed by atoms with Gasteiger partial charge in [0, 0.05) is 20.5 Å². The van der Waals surface area contributed by atoms with Crippen molar-refractivity contribution in [1.82, 2.24) is 20.0 Å². The first-order chi connectivity index (χ1) is 14.7. The first kappa shape index (κ1) is 21.6. The van der Waals surface area contributed by atoms with E-state index in [1.54, 1.807) is 22.9 Å². The van der Waals surface area contributed by atoms with E-state index in [1.807, 2.05) is 45.0 Å². The zero-order chi connectivity index (χ0) is 22.3. The van der Waals surface area contributed by atoms with Gasteiger partial charge in [0.2, 0.25) is 5.89 Å². The lowest BCUT2D eigenvalue weighted by Crippen LogP contribution is -2.11. The van der Waals surface area contributed by atoms with Crippen molar-refractivity contribution in [3.8, 4) is 34.6 Å². The number of halogens is 3. The largest absolute Gasteiger partial charge is 0.419 e. The topological polar surface area (TPSA) is 80.5 Å². The van der Waals surface area contributed by atoms with Crippen LogP contribution in [0.2, 0.25) is 10.0 Å². The number of hydrogen-bond acceptors (Lipinski definition) is 5. The molecule has 0 unspecified atom stereocenters. The number of aromatic nitrogens is 4. The minimum atomic E-state index is -0.339. The summed E-state index contributed by atoms with van der Waals surface area (Å²) in [5.41, 5.74) is 2.16. The average molecular weight is 517 g/mol. The molecule has 0 radical (unpaired) electrons. The third-order valence-electron chi connectivity index (χ3n) is 4.52. The van der Waals surface area contributed by atoms with Crippen molar-refractivity contribution in [2.24, 2.45) is 0 Å². The Morgan fingerprint density at radius 1 is 1.06 bits per heavy atom. The molecule has 0 aliphatic rings. The molecule has 0 bridgehead atoms. The highest BCUT2D eigenvalue weighted by atomic mass is 79.9. The molecule has 2 aromatic heterocycles. The number of benzene rings is 2. The van der Waals surface area contributed by atoms with Gasteiger partial charge in [-0.1, -0.05) is 72.0 Å². The van der Waals surface area contributed by atoms with E-state index < -0.39 is 0 Å². The summed E-state index contributed by atoms with van der Waals surface area (Å²) in [5, 5.41) is 23.9. The van der Waals surface area contributed by atoms with Crippen LogP contribution in [0, 0.1) is 11.3 Å². The van der Waals surface area contributed by atoms with Crippen molar-refractivity contribution in [3.05, 3.63) is 68.4 Å². The van der Waals surface area contributed by atoms with Crippen LogP contribution in [0.5, 0.6) is 0 Å². The maximum Gasteiger partial charge on any atom is 0.269 e. The normalized spacial score (nSPS) is 11.5. The monoisotopic (exact) mass is 515 g/mol. The van der Waals surface area contributed by atoms with Crippen LogP contribution in [-0.2, 0) is 5.41 Å². The van der Waals surface area contributed by atoms with Gasteiger partial charge in [-0.05, 0) is 30.3 Å². The SMILES string of the molecule is CC(C)(C)c1nnc(-c2nn(-c3ccc(Cl)cc3Cl)c(-c3ccc(Br)cc3)c2C#N)o1. The summed E-state index contributed by atoms with van der Waals surface area (Å²) >= 11 is 16.0. The number of nitriles is 1. The second-order valence-corrected chi connectivity index (χ2v) is 9.62. The first-order valence-corrected chi connectivity index (χ1v) is 10.8. The van der Waals surface area contributed by atoms with E-state index in [0.717, 1.165) is 10.0 Å². The van der Waals surface area contributed by atoms with E-state index in [-0.39, 0.29) is 17.0 Å². The van der Waals surface area contributed by atoms with E-state index >= 15 is 0 Å². The van der Waals surface area contributed by atoms with E-state index in [9.17, 15) is 5.26 Å². The molecule has 0 aliphatic carbocycles. The van der Waals surface area contributed by atoms with Gasteiger partial charge in [-0.2, -0.15) is 10.4 Å². The van der Waals surface area contributed by atoms with Gasteiger partial charge in [-0.25, -0.2) is 4.68 Å². The molecule has 6 nitrogen and oxygen atoms in total. The third kappa shape index (κ3) is 4.11. The Morgan fingerprint density at radius 3 is 2.35 bits per heavy atom. The van der Waals surface area contributed by atoms with Crippen molar-refractivity contribution < 1.29 is 4.42 Å². The standard InChI is InChI=1S/C22H16BrCl2N5O/c1-22(2,3)21-28-27-20(31-21)18-15(11-26)19(12-4-6-13(23)7-5-12)30(29-18)17-9-8-14(24)10-16(17)25/h4-10H,1-3H3. The zero-order valence-electron chi connectivity index (χ0n) is 16.8. The number of hydrogen-bond donors (Lipinski definition) is 0. The highest BCUT2D eigenvalue weighted by molar-refractivity contribution is 9.10. The smallest absolute Gasteiger partial charge is 0.269 e. The summed E-state index contributed by atoms with van der Waals surface area (Å²) in [7, 11) is 0. The molecule has 2 heterocycles. The summed E-state index contributed by atoms with van der Waals surface area (Å²) in [6, 6.07) is 14.9. The van der Waals surface area contributed by atoms with Crippen molar-refractivity contribution in [2.45, 2.75) is 26.2 Å². The predicted molar refractivity (Wildman–Crippen MR) is 123 cm³/mol. The van der Waals surface area contributed by atoms with Crippen LogP contribution < -0.4 is 0 Å². The summed E-state index contributed by atoms with van der Waals surface area (Å²) < 4.78 is 8.40. The molecule has 0 saturated heterocycles. The summed E-state index contributed by atoms with van der Waals surface area (Å²) in [4.78, 5) is 0. The molecule has 9 heteroatoms. The summed E-state index contributed by atoms with van der Waals surface area (Å²) in [5.74, 6) is 0.624. The quantitative estimate of drug-likeness (QED) is 0.298. The van der Waals surface area contributed by atoms with Crippen LogP contribution in [0.15, 0.2) is 51.4 Å². The Kier molecular flexibility index (Phi) is 5.65. The van der Waals surface area contributed by atoms with Gasteiger partial charge >= 0.3 is 0 Å². The van der Waals surface area contributed by atoms with Gasteiger partial charge in [0.1, 0.15) is 11.6 Å². The third-order valence-corrected chi connectivity index (χ3v) is 5.59. The fourth-order valence-corrected chi connectivity index (χ4v) is 3.75. The minimum Gasteiger partial charge on any atom is -0.419 e. The lowest BCUT2D eigenvalue weighted by atomic mass is 9.97. The van der Waals surface area contributed by atoms with Crippen LogP contribution in [0.3, 0.4) is 0 Å². The van der Waals surface area contributed by atoms with Crippen molar-refractivity contribution in [2.75, 3.05) is 0 Å². The molecule has 2 aromatic carbocycles. The molecule has 31 heavy (non-hydrogen) atoms. The van der Waals surface area contributed by atoms with Crippen LogP contribution in [-0.4, -0.2) is 20.0 Å². The lowest BCUT2D eigenvalue weighted by molar-refractivity contribution is 0.398. The van der Waals surface area contributed by atoms with Crippen molar-refractivity contribution in [3.63, 3.8) is 0 Å². The minimum absolute atomic E-state index is 0.170. The maximum absolute atomic E-state index is 10.1. The Labute approximate surface area is 197 Å². The number of rotatable bonds is 3. The molecule has 4 rings (SSSR count). The van der Waals surface area contributed by atoms with E-state index in [2.05, 4.69) is 37.3 Å². The van der Waals surface area contributed by atoms with Crippen LogP contribution in [0.25, 0.3) is 28.5 Å². The lowest BCUT2D eigenvalue weighted by Gasteiger charge is -2.10. The highest BCUT2D eigenvalue weighted by Crippen LogP contribution is 2.37. The molecular weight excluding hydrogens is 501 g/mol. The predicted octanol–water partition coefficient (Wildman–Crippen LogP) is 6.83. The second kappa shape index (κ2) is 8.12. The molecule has 0 aliphatic heterocycles. The molecule has 0 atom stereocenters. The van der Waals surface area contributed by atoms with E-state index in [4.69, 9.17) is 27.6 Å². The molecule has 0 saturated carbocycles. The van der Waals surface area contributed by atoms with Crippen molar-refractivity contribution in [1.29, 1.82) is 5.26 Å². The summed E-state index contributed by atoms with van der Waals surface area (Å²) in [6.07, 6.45) is 0. The highest BCUT2D eigenvalue weighted by Gasteiger charge is 2.28. The molecule has 4 aromatic rings. The Hall–Kier alpha value is -2.66. The zero-order valence-corrected chi connectivity index (χ0v) is 19.9. The maximum atomic E-state index is 10.1. The van der Waals surface area contributed by atoms with E-state index in [0.29, 0.717) is 32.9 Å². The fourth-order valence-electron chi connectivity index (χ4n) is 3.00. The summed E-state index contributed by atoms with van der Waals surface area (Å²) in [6.45, 7) is 5.90. The molecule has 0 spiro atoms. The van der Waals surface area contributed by atoms with Gasteiger partial charge in [0.25, 0.3) is 5.89 Å². The van der Waals surface area contributed by atoms with Crippen LogP contribution >= 0.6 is 39.1 Å². The van der Waals surface area contributed by atoms with Gasteiger partial charge in [0.15, 0.2) is 5.69 Å². The Balaban J connectivity index is 2.01. The van der Waals surface area contributed by atoms with Gasteiger partial charge in [-0.3, -0.25) is 0 Å². The molecular formula is C22H16BrCl2N5O. The average Bonchev–Trinajstić information content (AvgIpc) is 3.33. The van der Waals surface area contributed by atoms with Gasteiger partial charge in [-0.15, -0.1) is 10.2 Å². The Bertz CT molecular complexity index is 1310. The molecule has 0 amide bonds. The molecule has 0 N–H and O–H groups in total. The van der Waals surface area contributed by atoms with Crippen LogP contribution in [0.4, 0.5) is 0 Å². The molecule has 156 valence electrons. The Morgan fingerprint density at radius 2 is 1.77 bits per heavy atom. The second-order valence-electron chi connectivity index (χ2n) is 7.86. The van der Waals surface area contributed by atoms with Gasteiger partial charge in [0.05, 0.1) is 16.4 Å². The van der Waals surface area contributed by atoms with Crippen LogP contribution in [0.1, 0.15) is 32.2 Å². The molecule has 0 fully saturated rings. The fraction of sp³-hybridized carbons (Fsp3) is 0.182.